The number of fused-ring (bicyclic) bond motifs is 1. The largest absolute Gasteiger partial charge is 0.472 e. The number of carbonyl (C=O) groups is 2. The second-order valence-electron chi connectivity index (χ2n) is 7.79. The molecule has 4 rings (SSSR count). The van der Waals surface area contributed by atoms with Gasteiger partial charge in [-0.1, -0.05) is 19.3 Å². The van der Waals surface area contributed by atoms with Crippen LogP contribution in [0.3, 0.4) is 0 Å². The van der Waals surface area contributed by atoms with Gasteiger partial charge in [-0.2, -0.15) is 0 Å². The van der Waals surface area contributed by atoms with Crippen LogP contribution in [0.1, 0.15) is 65.0 Å². The Labute approximate surface area is 174 Å². The summed E-state index contributed by atoms with van der Waals surface area (Å²) in [4.78, 5) is 31.7. The first kappa shape index (κ1) is 19.8. The lowest BCUT2D eigenvalue weighted by Crippen LogP contribution is -2.38. The molecule has 3 aromatic heterocycles. The zero-order chi connectivity index (χ0) is 20.1. The quantitative estimate of drug-likeness (QED) is 0.359. The maximum atomic E-state index is 12.4. The van der Waals surface area contributed by atoms with E-state index in [4.69, 9.17) is 4.42 Å². The zero-order valence-electron chi connectivity index (χ0n) is 16.5. The Morgan fingerprint density at radius 3 is 2.79 bits per heavy atom. The van der Waals surface area contributed by atoms with Gasteiger partial charge in [0.25, 0.3) is 5.91 Å². The molecule has 152 valence electrons. The fourth-order valence-corrected chi connectivity index (χ4v) is 5.03. The number of piperidine rings is 1. The first-order chi connectivity index (χ1) is 14.2. The third-order valence-electron chi connectivity index (χ3n) is 5.78. The van der Waals surface area contributed by atoms with Crippen molar-refractivity contribution in [3.63, 3.8) is 0 Å². The van der Waals surface area contributed by atoms with E-state index >= 15 is 0 Å². The molecule has 3 aromatic rings. The van der Waals surface area contributed by atoms with Crippen molar-refractivity contribution in [2.45, 2.75) is 44.9 Å². The average Bonchev–Trinajstić information content (AvgIpc) is 3.43. The zero-order valence-corrected chi connectivity index (χ0v) is 17.3. The van der Waals surface area contributed by atoms with Gasteiger partial charge in [0.15, 0.2) is 5.78 Å². The third kappa shape index (κ3) is 4.93. The maximum absolute atomic E-state index is 12.4. The Bertz CT molecular complexity index is 923. The fraction of sp³-hybridized carbons (Fsp3) is 0.435. The second-order valence-corrected chi connectivity index (χ2v) is 8.88. The highest BCUT2D eigenvalue weighted by Crippen LogP contribution is 2.27. The van der Waals surface area contributed by atoms with E-state index in [-0.39, 0.29) is 11.7 Å². The average molecular weight is 411 g/mol. The number of Topliss-reactive ketones (excluding diaryl/α,β-unsaturated/α-hetero) is 1. The number of carbonyl (C=O) groups excluding carboxylic acids is 2. The summed E-state index contributed by atoms with van der Waals surface area (Å²) >= 11 is 1.54. The van der Waals surface area contributed by atoms with Gasteiger partial charge >= 0.3 is 0 Å². The van der Waals surface area contributed by atoms with Crippen LogP contribution in [0.25, 0.3) is 10.1 Å². The van der Waals surface area contributed by atoms with E-state index in [1.54, 1.807) is 29.9 Å². The van der Waals surface area contributed by atoms with Crippen LogP contribution in [-0.4, -0.2) is 34.7 Å². The highest BCUT2D eigenvalue weighted by atomic mass is 32.1. The first-order valence-corrected chi connectivity index (χ1v) is 11.2. The number of rotatable bonds is 8. The van der Waals surface area contributed by atoms with E-state index in [2.05, 4.69) is 4.98 Å². The number of hydrogen-bond donors (Lipinski definition) is 0. The molecule has 1 aliphatic heterocycles. The van der Waals surface area contributed by atoms with Gasteiger partial charge in [-0.3, -0.25) is 14.6 Å². The molecule has 1 fully saturated rings. The van der Waals surface area contributed by atoms with Crippen LogP contribution in [0, 0.1) is 5.92 Å². The molecule has 1 aliphatic rings. The SMILES string of the molecule is O=C(CCCCCC1CCN(C(=O)c2ccoc2)CC1)c1cc2ccncc2s1. The molecule has 1 amide bonds. The minimum atomic E-state index is 0.0766. The Balaban J connectivity index is 1.12. The van der Waals surface area contributed by atoms with E-state index in [1.807, 2.05) is 23.2 Å². The fourth-order valence-electron chi connectivity index (χ4n) is 4.03. The molecule has 0 aromatic carbocycles. The number of likely N-dealkylation sites (tertiary alicyclic amines) is 1. The number of pyridine rings is 1. The van der Waals surface area contributed by atoms with E-state index in [0.717, 1.165) is 60.2 Å². The molecular weight excluding hydrogens is 384 g/mol. The van der Waals surface area contributed by atoms with Crippen LogP contribution >= 0.6 is 11.3 Å². The summed E-state index contributed by atoms with van der Waals surface area (Å²) in [5.41, 5.74) is 0.642. The number of nitrogens with zero attached hydrogens (tertiary/aromatic N) is 2. The molecule has 0 saturated carbocycles. The van der Waals surface area contributed by atoms with Gasteiger partial charge in [0, 0.05) is 31.9 Å². The number of aromatic nitrogens is 1. The van der Waals surface area contributed by atoms with Crippen LogP contribution in [-0.2, 0) is 0 Å². The van der Waals surface area contributed by atoms with E-state index in [9.17, 15) is 9.59 Å². The van der Waals surface area contributed by atoms with E-state index in [0.29, 0.717) is 17.9 Å². The summed E-state index contributed by atoms with van der Waals surface area (Å²) < 4.78 is 6.09. The molecule has 6 heteroatoms. The van der Waals surface area contributed by atoms with Gasteiger partial charge in [0.1, 0.15) is 6.26 Å². The summed E-state index contributed by atoms with van der Waals surface area (Å²) in [6.07, 6.45) is 13.8. The summed E-state index contributed by atoms with van der Waals surface area (Å²) in [5, 5.41) is 1.10. The van der Waals surface area contributed by atoms with Gasteiger partial charge in [-0.05, 0) is 48.8 Å². The monoisotopic (exact) mass is 410 g/mol. The second kappa shape index (κ2) is 9.35. The molecular formula is C23H26N2O3S. The van der Waals surface area contributed by atoms with Crippen molar-refractivity contribution in [2.24, 2.45) is 5.92 Å². The molecule has 0 unspecified atom stereocenters. The number of hydrogen-bond acceptors (Lipinski definition) is 5. The topological polar surface area (TPSA) is 63.4 Å². The molecule has 29 heavy (non-hydrogen) atoms. The Morgan fingerprint density at radius 2 is 2.03 bits per heavy atom. The van der Waals surface area contributed by atoms with Crippen LogP contribution in [0.15, 0.2) is 47.5 Å². The molecule has 4 heterocycles. The van der Waals surface area contributed by atoms with Gasteiger partial charge in [0.05, 0.1) is 21.4 Å². The molecule has 0 N–H and O–H groups in total. The predicted molar refractivity (Wildman–Crippen MR) is 114 cm³/mol. The molecule has 0 aliphatic carbocycles. The molecule has 0 atom stereocenters. The molecule has 0 radical (unpaired) electrons. The predicted octanol–water partition coefficient (Wildman–Crippen LogP) is 5.57. The van der Waals surface area contributed by atoms with Crippen LogP contribution in [0.4, 0.5) is 0 Å². The number of thiophene rings is 1. The number of amides is 1. The minimum absolute atomic E-state index is 0.0766. The third-order valence-corrected chi connectivity index (χ3v) is 6.91. The summed E-state index contributed by atoms with van der Waals surface area (Å²) in [6, 6.07) is 5.67. The number of unbranched alkanes of at least 4 members (excludes halogenated alkanes) is 2. The first-order valence-electron chi connectivity index (χ1n) is 10.4. The molecule has 0 spiro atoms. The smallest absolute Gasteiger partial charge is 0.257 e. The van der Waals surface area contributed by atoms with Crippen LogP contribution < -0.4 is 0 Å². The van der Waals surface area contributed by atoms with E-state index < -0.39 is 0 Å². The van der Waals surface area contributed by atoms with Gasteiger partial charge < -0.3 is 9.32 Å². The highest BCUT2D eigenvalue weighted by Gasteiger charge is 2.23. The lowest BCUT2D eigenvalue weighted by atomic mass is 9.91. The van der Waals surface area contributed by atoms with Crippen LogP contribution in [0.5, 0.6) is 0 Å². The molecule has 5 nitrogen and oxygen atoms in total. The normalized spacial score (nSPS) is 15.1. The van der Waals surface area contributed by atoms with Crippen molar-refractivity contribution < 1.29 is 14.0 Å². The maximum Gasteiger partial charge on any atom is 0.257 e. The summed E-state index contributed by atoms with van der Waals surface area (Å²) in [6.45, 7) is 1.65. The van der Waals surface area contributed by atoms with Gasteiger partial charge in [-0.15, -0.1) is 11.3 Å². The Kier molecular flexibility index (Phi) is 6.39. The van der Waals surface area contributed by atoms with E-state index in [1.165, 1.54) is 12.7 Å². The van der Waals surface area contributed by atoms with Gasteiger partial charge in [0.2, 0.25) is 0 Å². The minimum Gasteiger partial charge on any atom is -0.472 e. The lowest BCUT2D eigenvalue weighted by Gasteiger charge is -2.31. The Morgan fingerprint density at radius 1 is 1.17 bits per heavy atom. The highest BCUT2D eigenvalue weighted by molar-refractivity contribution is 7.20. The lowest BCUT2D eigenvalue weighted by molar-refractivity contribution is 0.0685. The Hall–Kier alpha value is -2.47. The number of furan rings is 1. The molecule has 1 saturated heterocycles. The van der Waals surface area contributed by atoms with Crippen molar-refractivity contribution in [1.29, 1.82) is 0 Å². The van der Waals surface area contributed by atoms with Crippen molar-refractivity contribution in [3.8, 4) is 0 Å². The standard InChI is InChI=1S/C23H26N2O3S/c26-20(21-14-18-6-10-24-15-22(18)29-21)5-3-1-2-4-17-7-11-25(12-8-17)23(27)19-9-13-28-16-19/h6,9-10,13-17H,1-5,7-8,11-12H2. The van der Waals surface area contributed by atoms with Crippen molar-refractivity contribution >= 4 is 33.1 Å². The van der Waals surface area contributed by atoms with Crippen molar-refractivity contribution in [1.82, 2.24) is 9.88 Å². The number of ketones is 1. The van der Waals surface area contributed by atoms with Crippen LogP contribution in [0.2, 0.25) is 0 Å². The summed E-state index contributed by atoms with van der Waals surface area (Å²) in [7, 11) is 0. The van der Waals surface area contributed by atoms with Crippen molar-refractivity contribution in [3.05, 3.63) is 53.6 Å². The molecule has 0 bridgehead atoms. The van der Waals surface area contributed by atoms with Gasteiger partial charge in [-0.25, -0.2) is 0 Å². The van der Waals surface area contributed by atoms with Crippen molar-refractivity contribution in [2.75, 3.05) is 13.1 Å². The summed E-state index contributed by atoms with van der Waals surface area (Å²) in [5.74, 6) is 1.01.